The largest absolute Gasteiger partial charge is 0.497 e. The predicted molar refractivity (Wildman–Crippen MR) is 119 cm³/mol. The quantitative estimate of drug-likeness (QED) is 0.368. The summed E-state index contributed by atoms with van der Waals surface area (Å²) in [5.41, 5.74) is 3.78. The molecule has 0 spiro atoms. The highest BCUT2D eigenvalue weighted by atomic mass is 16.5. The van der Waals surface area contributed by atoms with E-state index in [9.17, 15) is 9.59 Å². The molecule has 152 valence electrons. The van der Waals surface area contributed by atoms with Crippen LogP contribution in [0, 0.1) is 0 Å². The first-order chi connectivity index (χ1) is 14.5. The summed E-state index contributed by atoms with van der Waals surface area (Å²) < 4.78 is 10.8. The van der Waals surface area contributed by atoms with Crippen LogP contribution in [0.2, 0.25) is 0 Å². The van der Waals surface area contributed by atoms with Gasteiger partial charge < -0.3 is 9.47 Å². The van der Waals surface area contributed by atoms with E-state index in [4.69, 9.17) is 9.47 Å². The first kappa shape index (κ1) is 21.1. The van der Waals surface area contributed by atoms with Crippen LogP contribution in [0.3, 0.4) is 0 Å². The lowest BCUT2D eigenvalue weighted by Gasteiger charge is -2.20. The van der Waals surface area contributed by atoms with Crippen LogP contribution in [0.25, 0.3) is 11.1 Å². The lowest BCUT2D eigenvalue weighted by atomic mass is 9.85. The summed E-state index contributed by atoms with van der Waals surface area (Å²) in [6, 6.07) is 18.2. The standard InChI is InChI=1S/C26H24O4/c1-5-20-24(17-10-8-7-9-11-17)22(16-21(23(27)6-2)26(20)30-4)25(28)18-12-14-19(29-3)15-13-18/h6-16H,2,5H2,1,3-4H3. The summed E-state index contributed by atoms with van der Waals surface area (Å²) in [5.74, 6) is 0.686. The van der Waals surface area contributed by atoms with Gasteiger partial charge in [0.15, 0.2) is 11.6 Å². The number of hydrogen-bond acceptors (Lipinski definition) is 4. The van der Waals surface area contributed by atoms with E-state index >= 15 is 0 Å². The van der Waals surface area contributed by atoms with Crippen molar-refractivity contribution in [1.82, 2.24) is 0 Å². The summed E-state index contributed by atoms with van der Waals surface area (Å²) in [7, 11) is 3.11. The molecule has 0 aromatic heterocycles. The number of benzene rings is 3. The van der Waals surface area contributed by atoms with Crippen molar-refractivity contribution in [3.63, 3.8) is 0 Å². The Labute approximate surface area is 176 Å². The molecule has 3 rings (SSSR count). The van der Waals surface area contributed by atoms with Crippen molar-refractivity contribution >= 4 is 11.6 Å². The van der Waals surface area contributed by atoms with E-state index in [1.807, 2.05) is 37.3 Å². The summed E-state index contributed by atoms with van der Waals surface area (Å²) in [6.45, 7) is 5.58. The number of rotatable bonds is 8. The maximum Gasteiger partial charge on any atom is 0.193 e. The zero-order chi connectivity index (χ0) is 21.7. The third kappa shape index (κ3) is 3.90. The summed E-state index contributed by atoms with van der Waals surface area (Å²) >= 11 is 0. The van der Waals surface area contributed by atoms with Gasteiger partial charge in [0.2, 0.25) is 0 Å². The van der Waals surface area contributed by atoms with E-state index in [1.165, 1.54) is 13.2 Å². The van der Waals surface area contributed by atoms with Gasteiger partial charge in [-0.2, -0.15) is 0 Å². The van der Waals surface area contributed by atoms with Crippen LogP contribution >= 0.6 is 0 Å². The van der Waals surface area contributed by atoms with Gasteiger partial charge in [0, 0.05) is 16.7 Å². The number of hydrogen-bond donors (Lipinski definition) is 0. The molecule has 0 amide bonds. The van der Waals surface area contributed by atoms with Crippen molar-refractivity contribution in [2.24, 2.45) is 0 Å². The second-order valence-electron chi connectivity index (χ2n) is 6.70. The molecule has 4 heteroatoms. The fraction of sp³-hybridized carbons (Fsp3) is 0.154. The van der Waals surface area contributed by atoms with Gasteiger partial charge in [-0.1, -0.05) is 43.8 Å². The highest BCUT2D eigenvalue weighted by Crippen LogP contribution is 2.39. The first-order valence-electron chi connectivity index (χ1n) is 9.70. The lowest BCUT2D eigenvalue weighted by Crippen LogP contribution is -2.11. The van der Waals surface area contributed by atoms with Gasteiger partial charge in [-0.15, -0.1) is 0 Å². The Hall–Kier alpha value is -3.66. The Balaban J connectivity index is 2.34. The van der Waals surface area contributed by atoms with Crippen LogP contribution in [-0.4, -0.2) is 25.8 Å². The van der Waals surface area contributed by atoms with E-state index < -0.39 is 0 Å². The maximum atomic E-state index is 13.6. The minimum Gasteiger partial charge on any atom is -0.497 e. The van der Waals surface area contributed by atoms with Gasteiger partial charge in [0.05, 0.1) is 19.8 Å². The fourth-order valence-electron chi connectivity index (χ4n) is 3.60. The van der Waals surface area contributed by atoms with E-state index in [2.05, 4.69) is 6.58 Å². The van der Waals surface area contributed by atoms with Gasteiger partial charge in [0.25, 0.3) is 0 Å². The smallest absolute Gasteiger partial charge is 0.193 e. The zero-order valence-electron chi connectivity index (χ0n) is 17.4. The van der Waals surface area contributed by atoms with E-state index in [0.29, 0.717) is 34.6 Å². The summed E-state index contributed by atoms with van der Waals surface area (Å²) in [4.78, 5) is 26.1. The van der Waals surface area contributed by atoms with Crippen molar-refractivity contribution in [2.45, 2.75) is 13.3 Å². The lowest BCUT2D eigenvalue weighted by molar-refractivity contribution is 0.103. The average Bonchev–Trinajstić information content (AvgIpc) is 2.82. The molecule has 3 aromatic carbocycles. The van der Waals surface area contributed by atoms with Crippen molar-refractivity contribution in [3.8, 4) is 22.6 Å². The predicted octanol–water partition coefficient (Wildman–Crippen LogP) is 5.53. The van der Waals surface area contributed by atoms with E-state index in [0.717, 1.165) is 16.7 Å². The molecule has 0 aliphatic heterocycles. The molecule has 0 heterocycles. The molecule has 0 unspecified atom stereocenters. The minimum absolute atomic E-state index is 0.174. The second kappa shape index (κ2) is 9.23. The highest BCUT2D eigenvalue weighted by Gasteiger charge is 2.25. The fourth-order valence-corrected chi connectivity index (χ4v) is 3.60. The molecule has 3 aromatic rings. The third-order valence-corrected chi connectivity index (χ3v) is 5.05. The van der Waals surface area contributed by atoms with Crippen LogP contribution in [-0.2, 0) is 6.42 Å². The van der Waals surface area contributed by atoms with Gasteiger partial charge in [-0.3, -0.25) is 9.59 Å². The molecule has 0 fully saturated rings. The molecular formula is C26H24O4. The van der Waals surface area contributed by atoms with Crippen LogP contribution in [0.15, 0.2) is 73.3 Å². The first-order valence-corrected chi connectivity index (χ1v) is 9.70. The van der Waals surface area contributed by atoms with Crippen molar-refractivity contribution in [1.29, 1.82) is 0 Å². The van der Waals surface area contributed by atoms with Crippen LogP contribution < -0.4 is 9.47 Å². The molecule has 30 heavy (non-hydrogen) atoms. The number of ether oxygens (including phenoxy) is 2. The highest BCUT2D eigenvalue weighted by molar-refractivity contribution is 6.16. The summed E-state index contributed by atoms with van der Waals surface area (Å²) in [5, 5.41) is 0. The van der Waals surface area contributed by atoms with Crippen molar-refractivity contribution in [2.75, 3.05) is 14.2 Å². The molecule has 0 atom stereocenters. The van der Waals surface area contributed by atoms with Crippen LogP contribution in [0.1, 0.15) is 38.8 Å². The summed E-state index contributed by atoms with van der Waals surface area (Å²) in [6.07, 6.45) is 1.83. The van der Waals surface area contributed by atoms with E-state index in [1.54, 1.807) is 37.4 Å². The average molecular weight is 400 g/mol. The maximum absolute atomic E-state index is 13.6. The molecular weight excluding hydrogens is 376 g/mol. The number of carbonyl (C=O) groups is 2. The Morgan fingerprint density at radius 1 is 0.933 bits per heavy atom. The topological polar surface area (TPSA) is 52.6 Å². The molecule has 4 nitrogen and oxygen atoms in total. The number of ketones is 2. The molecule has 0 N–H and O–H groups in total. The Morgan fingerprint density at radius 3 is 2.13 bits per heavy atom. The van der Waals surface area contributed by atoms with Crippen molar-refractivity contribution < 1.29 is 19.1 Å². The Kier molecular flexibility index (Phi) is 6.48. The minimum atomic E-state index is -0.287. The zero-order valence-corrected chi connectivity index (χ0v) is 17.4. The third-order valence-electron chi connectivity index (χ3n) is 5.05. The molecule has 0 saturated carbocycles. The van der Waals surface area contributed by atoms with Gasteiger partial charge >= 0.3 is 0 Å². The Morgan fingerprint density at radius 2 is 1.60 bits per heavy atom. The number of methoxy groups -OCH3 is 2. The van der Waals surface area contributed by atoms with Crippen molar-refractivity contribution in [3.05, 3.63) is 95.6 Å². The molecule has 0 aliphatic carbocycles. The SMILES string of the molecule is C=CC(=O)c1cc(C(=O)c2ccc(OC)cc2)c(-c2ccccc2)c(CC)c1OC. The van der Waals surface area contributed by atoms with Gasteiger partial charge in [0.1, 0.15) is 11.5 Å². The van der Waals surface area contributed by atoms with Gasteiger partial charge in [-0.05, 0) is 54.0 Å². The van der Waals surface area contributed by atoms with E-state index in [-0.39, 0.29) is 11.6 Å². The molecule has 0 aliphatic rings. The molecule has 0 bridgehead atoms. The van der Waals surface area contributed by atoms with Crippen LogP contribution in [0.4, 0.5) is 0 Å². The molecule has 0 saturated heterocycles. The second-order valence-corrected chi connectivity index (χ2v) is 6.70. The number of allylic oxidation sites excluding steroid dienone is 1. The monoisotopic (exact) mass is 400 g/mol. The normalized spacial score (nSPS) is 10.4. The van der Waals surface area contributed by atoms with Crippen LogP contribution in [0.5, 0.6) is 11.5 Å². The van der Waals surface area contributed by atoms with Gasteiger partial charge in [-0.25, -0.2) is 0 Å². The molecule has 0 radical (unpaired) electrons. The number of carbonyl (C=O) groups excluding carboxylic acids is 2. The Bertz CT molecular complexity index is 1080.